The fourth-order valence-electron chi connectivity index (χ4n) is 17.5. The third-order valence-corrected chi connectivity index (χ3v) is 22.7. The van der Waals surface area contributed by atoms with E-state index in [0.29, 0.717) is 36.8 Å². The van der Waals surface area contributed by atoms with E-state index in [1.54, 1.807) is 33.8 Å². The summed E-state index contributed by atoms with van der Waals surface area (Å²) in [6.07, 6.45) is -33.5. The number of aliphatic carboxylic acids is 1. The van der Waals surface area contributed by atoms with Gasteiger partial charge in [0.25, 0.3) is 0 Å². The quantitative estimate of drug-likeness (QED) is 0.0371. The van der Waals surface area contributed by atoms with Crippen molar-refractivity contribution < 1.29 is 133 Å². The number of carboxylic acid groups (broad SMARTS) is 1. The van der Waals surface area contributed by atoms with E-state index in [0.717, 1.165) is 5.57 Å². The van der Waals surface area contributed by atoms with Gasteiger partial charge in [0.05, 0.1) is 50.2 Å². The predicted molar refractivity (Wildman–Crippen MR) is 303 cm³/mol. The summed E-state index contributed by atoms with van der Waals surface area (Å²) >= 11 is 0. The summed E-state index contributed by atoms with van der Waals surface area (Å²) in [6, 6.07) is 0. The molecule has 4 aliphatic heterocycles. The number of rotatable bonds is 16. The van der Waals surface area contributed by atoms with Crippen LogP contribution in [0.4, 0.5) is 0 Å². The smallest absolute Gasteiger partial charge is 0.335 e. The second-order valence-electron chi connectivity index (χ2n) is 28.7. The zero-order chi connectivity index (χ0) is 65.7. The number of carboxylic acids is 1. The fraction of sp³-hybridized carbons (Fsp3) is 0.855. The lowest BCUT2D eigenvalue weighted by Crippen LogP contribution is -2.76. The highest BCUT2D eigenvalue weighted by atomic mass is 16.8. The summed E-state index contributed by atoms with van der Waals surface area (Å²) in [6.45, 7) is 17.6. The summed E-state index contributed by atoms with van der Waals surface area (Å²) in [7, 11) is 0. The maximum absolute atomic E-state index is 13.8. The molecule has 0 unspecified atom stereocenters. The minimum Gasteiger partial charge on any atom is -0.479 e. The average Bonchev–Trinajstić information content (AvgIpc) is 0.913. The van der Waals surface area contributed by atoms with Gasteiger partial charge in [0.15, 0.2) is 37.4 Å². The highest BCUT2D eigenvalue weighted by Gasteiger charge is 2.76. The van der Waals surface area contributed by atoms with Crippen LogP contribution in [0.15, 0.2) is 34.9 Å². The van der Waals surface area contributed by atoms with Crippen molar-refractivity contribution in [2.24, 2.45) is 50.2 Å². The second kappa shape index (κ2) is 25.8. The van der Waals surface area contributed by atoms with Crippen LogP contribution in [0, 0.1) is 50.2 Å². The molecular weight excluding hydrogens is 1180 g/mol. The number of esters is 2. The molecule has 0 amide bonds. The van der Waals surface area contributed by atoms with Crippen LogP contribution in [0.25, 0.3) is 0 Å². The Balaban J connectivity index is 1.08. The molecule has 14 N–H and O–H groups in total. The maximum Gasteiger partial charge on any atom is 0.335 e. The van der Waals surface area contributed by atoms with Gasteiger partial charge < -0.3 is 119 Å². The van der Waals surface area contributed by atoms with E-state index in [1.807, 2.05) is 34.6 Å². The Morgan fingerprint density at radius 3 is 1.81 bits per heavy atom. The van der Waals surface area contributed by atoms with Crippen LogP contribution in [-0.4, -0.2) is 257 Å². The van der Waals surface area contributed by atoms with Crippen molar-refractivity contribution in [2.75, 3.05) is 26.4 Å². The third-order valence-electron chi connectivity index (χ3n) is 22.7. The molecule has 9 aliphatic rings. The molecule has 0 aromatic heterocycles. The SMILES string of the molecule is C/C=C(/C)C(=O)O[C@H]1[C@H](OC(=O)C=C(C)C)[C@@]2(CO)[C@H](CC1(C)C)C1=CC[C@@H]3[C@@]4(C)CC[C@H](O[C@@H]5O[C@H](C(=O)O)[C@@H](O[C@H]6O[C@H](CO)[C@@H](O)[C@@H]6O)[C@H](O[C@H]6OC[C@@H](O)[C@@H](O)[C@@H]6O)[C@H]5O[C@@H]5O[C@H](CO)[C@@H](O)[C@H](O)[C@H]5O)C(C)(C)[C@@H]4CC[C@@]3(C)[C@]1(C)[C@@H](O)[C@H]2O. The molecular formula is C62H96O27. The van der Waals surface area contributed by atoms with Crippen molar-refractivity contribution in [3.63, 3.8) is 0 Å². The van der Waals surface area contributed by atoms with Gasteiger partial charge >= 0.3 is 17.9 Å². The van der Waals surface area contributed by atoms with E-state index >= 15 is 0 Å². The van der Waals surface area contributed by atoms with Crippen LogP contribution in [0.2, 0.25) is 0 Å². The van der Waals surface area contributed by atoms with E-state index in [2.05, 4.69) is 19.9 Å². The van der Waals surface area contributed by atoms with Crippen molar-refractivity contribution >= 4 is 17.9 Å². The van der Waals surface area contributed by atoms with E-state index in [1.165, 1.54) is 6.08 Å². The van der Waals surface area contributed by atoms with Crippen molar-refractivity contribution in [1.82, 2.24) is 0 Å². The summed E-state index contributed by atoms with van der Waals surface area (Å²) in [4.78, 5) is 41.1. The van der Waals surface area contributed by atoms with Crippen LogP contribution in [0.1, 0.15) is 115 Å². The predicted octanol–water partition coefficient (Wildman–Crippen LogP) is -1.27. The summed E-state index contributed by atoms with van der Waals surface area (Å²) < 4.78 is 61.8. The summed E-state index contributed by atoms with van der Waals surface area (Å²) in [5.74, 6) is -4.31. The Kier molecular flexibility index (Phi) is 20.4. The lowest BCUT2D eigenvalue weighted by atomic mass is 9.32. The van der Waals surface area contributed by atoms with Crippen molar-refractivity contribution in [3.8, 4) is 0 Å². The van der Waals surface area contributed by atoms with Gasteiger partial charge in [-0.25, -0.2) is 14.4 Å². The highest BCUT2D eigenvalue weighted by Crippen LogP contribution is 2.76. The molecule has 8 fully saturated rings. The molecule has 0 bridgehead atoms. The first-order valence-corrected chi connectivity index (χ1v) is 31.0. The van der Waals surface area contributed by atoms with Gasteiger partial charge in [-0.3, -0.25) is 0 Å². The largest absolute Gasteiger partial charge is 0.479 e. The lowest BCUT2D eigenvalue weighted by molar-refractivity contribution is -0.401. The molecule has 506 valence electrons. The first kappa shape index (κ1) is 70.1. The first-order chi connectivity index (χ1) is 41.6. The standard InChI is InChI=1S/C62H96O27/c1-12-26(4)52(79)89-49-50(84-35(67)19-25(2)3)62(24-65)28(20-57(49,5)6)27-13-14-33-59(9)17-16-34(58(7,8)32(59)15-18-60(33,10)61(27,11)47(75)48(62)76)83-56-46(88-55-42(74)39(71)37(69)30(21-63)81-55)44(85-53-40(72)36(68)29(66)23-80-53)43(45(87-56)51(77)78)86-54-41(73)38(70)31(22-64)82-54/h12-13,19,28-34,36-50,53-56,63-66,68-76H,14-18,20-24H2,1-11H3,(H,77,78)/b26-12-/t28-,29-,30-,31-,32+,33-,34+,36-,37-,38-,39+,40+,41+,42-,43+,44+,45+,46-,47+,48-,49+,50+,53-,54-,55+,56-,59+,60-,61+,62+/m1/s1. The Morgan fingerprint density at radius 2 is 1.22 bits per heavy atom. The number of hydrogen-bond acceptors (Lipinski definition) is 26. The van der Waals surface area contributed by atoms with E-state index in [4.69, 9.17) is 47.4 Å². The lowest BCUT2D eigenvalue weighted by Gasteiger charge is -2.73. The molecule has 0 aromatic rings. The number of carbonyl (C=O) groups is 3. The van der Waals surface area contributed by atoms with Gasteiger partial charge in [-0.2, -0.15) is 0 Å². The second-order valence-corrected chi connectivity index (χ2v) is 28.7. The number of aliphatic hydroxyl groups excluding tert-OH is 13. The van der Waals surface area contributed by atoms with E-state index < -0.39 is 224 Å². The zero-order valence-electron chi connectivity index (χ0n) is 52.4. The zero-order valence-corrected chi connectivity index (χ0v) is 52.4. The summed E-state index contributed by atoms with van der Waals surface area (Å²) in [5, 5.41) is 157. The molecule has 9 rings (SSSR count). The van der Waals surface area contributed by atoms with Gasteiger partial charge in [0, 0.05) is 22.5 Å². The van der Waals surface area contributed by atoms with Gasteiger partial charge in [0.1, 0.15) is 85.5 Å². The van der Waals surface area contributed by atoms with Gasteiger partial charge in [-0.05, 0) is 100 Å². The summed E-state index contributed by atoms with van der Waals surface area (Å²) in [5.41, 5.74) is -4.41. The highest BCUT2D eigenvalue weighted by molar-refractivity contribution is 5.88. The topological polar surface area (TPSA) is 427 Å². The normalized spacial score (nSPS) is 49.4. The number of carbonyl (C=O) groups excluding carboxylic acids is 2. The van der Waals surface area contributed by atoms with Crippen LogP contribution in [0.5, 0.6) is 0 Å². The molecule has 30 atom stereocenters. The van der Waals surface area contributed by atoms with E-state index in [-0.39, 0.29) is 24.7 Å². The molecule has 27 nitrogen and oxygen atoms in total. The van der Waals surface area contributed by atoms with Crippen molar-refractivity contribution in [1.29, 1.82) is 0 Å². The molecule has 4 heterocycles. The molecule has 27 heteroatoms. The molecule has 0 aromatic carbocycles. The Hall–Kier alpha value is -3.21. The fourth-order valence-corrected chi connectivity index (χ4v) is 17.5. The number of hydrogen-bond donors (Lipinski definition) is 14. The molecule has 4 saturated carbocycles. The van der Waals surface area contributed by atoms with Crippen LogP contribution < -0.4 is 0 Å². The number of ether oxygens (including phenoxy) is 10. The third kappa shape index (κ3) is 11.6. The van der Waals surface area contributed by atoms with Crippen LogP contribution in [0.3, 0.4) is 0 Å². The monoisotopic (exact) mass is 1270 g/mol. The molecule has 0 spiro atoms. The van der Waals surface area contributed by atoms with Gasteiger partial charge in [-0.1, -0.05) is 71.8 Å². The number of allylic oxidation sites excluding steroid dienone is 3. The minimum atomic E-state index is -2.19. The Morgan fingerprint density at radius 1 is 0.640 bits per heavy atom. The first-order valence-electron chi connectivity index (χ1n) is 31.0. The molecule has 4 saturated heterocycles. The number of aliphatic hydroxyl groups is 13. The molecule has 5 aliphatic carbocycles. The molecule has 89 heavy (non-hydrogen) atoms. The van der Waals surface area contributed by atoms with Crippen LogP contribution >= 0.6 is 0 Å². The number of fused-ring (bicyclic) bond motifs is 7. The minimum absolute atomic E-state index is 0.209. The van der Waals surface area contributed by atoms with Gasteiger partial charge in [0.2, 0.25) is 0 Å². The van der Waals surface area contributed by atoms with Gasteiger partial charge in [-0.15, -0.1) is 0 Å². The van der Waals surface area contributed by atoms with E-state index in [9.17, 15) is 85.9 Å². The van der Waals surface area contributed by atoms with Crippen molar-refractivity contribution in [2.45, 2.75) is 256 Å². The average molecular weight is 1270 g/mol. The maximum atomic E-state index is 13.8. The van der Waals surface area contributed by atoms with Crippen LogP contribution in [-0.2, 0) is 61.8 Å². The Bertz CT molecular complexity index is 2660. The van der Waals surface area contributed by atoms with Crippen molar-refractivity contribution in [3.05, 3.63) is 34.9 Å². The Labute approximate surface area is 517 Å². The molecule has 0 radical (unpaired) electrons.